The average molecular weight is 335 g/mol. The van der Waals surface area contributed by atoms with Crippen molar-refractivity contribution in [1.29, 1.82) is 0 Å². The number of esters is 1. The van der Waals surface area contributed by atoms with Gasteiger partial charge in [0, 0.05) is 22.7 Å². The first-order chi connectivity index (χ1) is 10.9. The van der Waals surface area contributed by atoms with Crippen molar-refractivity contribution in [3.63, 3.8) is 0 Å². The molecule has 23 heavy (non-hydrogen) atoms. The highest BCUT2D eigenvalue weighted by Crippen LogP contribution is 2.23. The Bertz CT molecular complexity index is 867. The van der Waals surface area contributed by atoms with Gasteiger partial charge in [0.2, 0.25) is 5.78 Å². The second-order valence-electron chi connectivity index (χ2n) is 5.79. The minimum absolute atomic E-state index is 0.00244. The van der Waals surface area contributed by atoms with Crippen LogP contribution in [0.15, 0.2) is 30.5 Å². The molecule has 0 unspecified atom stereocenters. The van der Waals surface area contributed by atoms with E-state index in [2.05, 4.69) is 4.98 Å². The fourth-order valence-electron chi connectivity index (χ4n) is 2.80. The molecular weight excluding hydrogens is 318 g/mol. The zero-order valence-electron chi connectivity index (χ0n) is 12.6. The summed E-state index contributed by atoms with van der Waals surface area (Å²) in [4.78, 5) is 27.5. The number of aromatic nitrogens is 1. The maximum Gasteiger partial charge on any atom is 0.310 e. The van der Waals surface area contributed by atoms with E-state index in [9.17, 15) is 18.0 Å². The van der Waals surface area contributed by atoms with Crippen LogP contribution in [0.25, 0.3) is 10.9 Å². The summed E-state index contributed by atoms with van der Waals surface area (Å²) in [6, 6.07) is 7.35. The molecule has 0 amide bonds. The molecule has 122 valence electrons. The molecule has 1 aromatic carbocycles. The fourth-order valence-corrected chi connectivity index (χ4v) is 4.53. The minimum atomic E-state index is -3.16. The molecule has 2 aromatic rings. The second-order valence-corrected chi connectivity index (χ2v) is 8.02. The summed E-state index contributed by atoms with van der Waals surface area (Å²) in [6.45, 7) is 1.51. The van der Waals surface area contributed by atoms with Crippen molar-refractivity contribution in [1.82, 2.24) is 4.98 Å². The van der Waals surface area contributed by atoms with Crippen molar-refractivity contribution in [3.05, 3.63) is 36.0 Å². The first-order valence-electron chi connectivity index (χ1n) is 7.38. The third-order valence-corrected chi connectivity index (χ3v) is 5.85. The lowest BCUT2D eigenvalue weighted by molar-refractivity contribution is -0.150. The van der Waals surface area contributed by atoms with Crippen LogP contribution in [0.2, 0.25) is 0 Å². The number of carbonyl (C=O) groups excluding carboxylic acids is 2. The van der Waals surface area contributed by atoms with Crippen molar-refractivity contribution in [2.75, 3.05) is 11.5 Å². The molecule has 3 rings (SSSR count). The standard InChI is InChI=1S/C16H17NO5S/c1-10(22-16(19)11-6-7-23(20,21)9-11)15(18)13-8-17-14-5-3-2-4-12(13)14/h2-5,8,10-11,17H,6-7,9H2,1H3/t10-,11+/m1/s1. The van der Waals surface area contributed by atoms with Crippen molar-refractivity contribution in [2.45, 2.75) is 19.4 Å². The normalized spacial score (nSPS) is 21.2. The van der Waals surface area contributed by atoms with Crippen molar-refractivity contribution >= 4 is 32.5 Å². The van der Waals surface area contributed by atoms with Gasteiger partial charge < -0.3 is 9.72 Å². The van der Waals surface area contributed by atoms with E-state index in [1.165, 1.54) is 6.92 Å². The van der Waals surface area contributed by atoms with Gasteiger partial charge in [-0.3, -0.25) is 9.59 Å². The summed E-state index contributed by atoms with van der Waals surface area (Å²) in [5.41, 5.74) is 1.29. The van der Waals surface area contributed by atoms with Crippen molar-refractivity contribution < 1.29 is 22.7 Å². The molecule has 1 aliphatic heterocycles. The minimum Gasteiger partial charge on any atom is -0.454 e. The molecule has 7 heteroatoms. The van der Waals surface area contributed by atoms with Crippen LogP contribution in [0.5, 0.6) is 0 Å². The predicted molar refractivity (Wildman–Crippen MR) is 84.9 cm³/mol. The molecule has 2 heterocycles. The Balaban J connectivity index is 1.72. The van der Waals surface area contributed by atoms with Crippen molar-refractivity contribution in [2.24, 2.45) is 5.92 Å². The van der Waals surface area contributed by atoms with Crippen LogP contribution in [-0.2, 0) is 19.4 Å². The van der Waals surface area contributed by atoms with Crippen LogP contribution in [0.3, 0.4) is 0 Å². The van der Waals surface area contributed by atoms with Crippen LogP contribution in [-0.4, -0.2) is 42.8 Å². The van der Waals surface area contributed by atoms with E-state index in [-0.39, 0.29) is 23.7 Å². The number of rotatable bonds is 4. The maximum absolute atomic E-state index is 12.5. The third kappa shape index (κ3) is 3.14. The number of fused-ring (bicyclic) bond motifs is 1. The SMILES string of the molecule is C[C@@H](OC(=O)[C@H]1CCS(=O)(=O)C1)C(=O)c1c[nH]c2ccccc12. The number of nitrogens with one attached hydrogen (secondary N) is 1. The summed E-state index contributed by atoms with van der Waals surface area (Å²) < 4.78 is 28.0. The second kappa shape index (κ2) is 5.81. The molecule has 1 aromatic heterocycles. The number of carbonyl (C=O) groups is 2. The Hall–Kier alpha value is -2.15. The van der Waals surface area contributed by atoms with Crippen LogP contribution < -0.4 is 0 Å². The molecule has 1 N–H and O–H groups in total. The summed E-state index contributed by atoms with van der Waals surface area (Å²) in [6.07, 6.45) is 0.900. The maximum atomic E-state index is 12.5. The Morgan fingerprint density at radius 2 is 2.04 bits per heavy atom. The van der Waals surface area contributed by atoms with Gasteiger partial charge in [-0.25, -0.2) is 8.42 Å². The zero-order chi connectivity index (χ0) is 16.6. The van der Waals surface area contributed by atoms with Crippen LogP contribution in [0.4, 0.5) is 0 Å². The molecule has 0 radical (unpaired) electrons. The highest BCUT2D eigenvalue weighted by molar-refractivity contribution is 7.91. The van der Waals surface area contributed by atoms with Gasteiger partial charge in [0.05, 0.1) is 17.4 Å². The Kier molecular flexibility index (Phi) is 3.97. The molecule has 0 bridgehead atoms. The molecule has 1 aliphatic rings. The van der Waals surface area contributed by atoms with E-state index < -0.39 is 27.8 Å². The summed E-state index contributed by atoms with van der Waals surface area (Å²) in [5, 5.41) is 0.767. The molecular formula is C16H17NO5S. The summed E-state index contributed by atoms with van der Waals surface area (Å²) >= 11 is 0. The number of para-hydroxylation sites is 1. The lowest BCUT2D eigenvalue weighted by atomic mass is 10.1. The Morgan fingerprint density at radius 1 is 1.30 bits per heavy atom. The van der Waals surface area contributed by atoms with Gasteiger partial charge in [-0.15, -0.1) is 0 Å². The van der Waals surface area contributed by atoms with E-state index in [1.807, 2.05) is 24.3 Å². The van der Waals surface area contributed by atoms with E-state index in [4.69, 9.17) is 4.74 Å². The van der Waals surface area contributed by atoms with Gasteiger partial charge in [-0.1, -0.05) is 18.2 Å². The molecule has 0 saturated carbocycles. The number of ether oxygens (including phenoxy) is 1. The van der Waals surface area contributed by atoms with Crippen LogP contribution in [0.1, 0.15) is 23.7 Å². The Morgan fingerprint density at radius 3 is 2.74 bits per heavy atom. The van der Waals surface area contributed by atoms with Crippen LogP contribution in [0, 0.1) is 5.92 Å². The zero-order valence-corrected chi connectivity index (χ0v) is 13.4. The number of Topliss-reactive ketones (excluding diaryl/α,β-unsaturated/α-hetero) is 1. The van der Waals surface area contributed by atoms with E-state index >= 15 is 0 Å². The van der Waals surface area contributed by atoms with Gasteiger partial charge in [0.15, 0.2) is 15.9 Å². The molecule has 1 saturated heterocycles. The fraction of sp³-hybridized carbons (Fsp3) is 0.375. The quantitative estimate of drug-likeness (QED) is 0.678. The highest BCUT2D eigenvalue weighted by Gasteiger charge is 2.35. The topological polar surface area (TPSA) is 93.3 Å². The summed E-state index contributed by atoms with van der Waals surface area (Å²) in [5.74, 6) is -1.79. The van der Waals surface area contributed by atoms with Gasteiger partial charge >= 0.3 is 5.97 Å². The predicted octanol–water partition coefficient (Wildman–Crippen LogP) is 1.72. The average Bonchev–Trinajstić information content (AvgIpc) is 3.09. The molecule has 2 atom stereocenters. The first-order valence-corrected chi connectivity index (χ1v) is 9.21. The van der Waals surface area contributed by atoms with Gasteiger partial charge in [-0.2, -0.15) is 0 Å². The highest BCUT2D eigenvalue weighted by atomic mass is 32.2. The molecule has 1 fully saturated rings. The largest absolute Gasteiger partial charge is 0.454 e. The molecule has 0 spiro atoms. The van der Waals surface area contributed by atoms with Gasteiger partial charge in [0.25, 0.3) is 0 Å². The number of hydrogen-bond donors (Lipinski definition) is 1. The number of aromatic amines is 1. The number of H-pyrrole nitrogens is 1. The lowest BCUT2D eigenvalue weighted by Crippen LogP contribution is -2.28. The smallest absolute Gasteiger partial charge is 0.310 e. The summed E-state index contributed by atoms with van der Waals surface area (Å²) in [7, 11) is -3.16. The van der Waals surface area contributed by atoms with Gasteiger partial charge in [-0.05, 0) is 19.4 Å². The third-order valence-electron chi connectivity index (χ3n) is 4.08. The number of ketones is 1. The van der Waals surface area contributed by atoms with E-state index in [1.54, 1.807) is 6.20 Å². The monoisotopic (exact) mass is 335 g/mol. The van der Waals surface area contributed by atoms with Crippen molar-refractivity contribution in [3.8, 4) is 0 Å². The molecule has 6 nitrogen and oxygen atoms in total. The van der Waals surface area contributed by atoms with E-state index in [0.29, 0.717) is 5.56 Å². The number of benzene rings is 1. The first kappa shape index (κ1) is 15.7. The van der Waals surface area contributed by atoms with Crippen LogP contribution >= 0.6 is 0 Å². The van der Waals surface area contributed by atoms with E-state index in [0.717, 1.165) is 10.9 Å². The number of hydrogen-bond acceptors (Lipinski definition) is 5. The lowest BCUT2D eigenvalue weighted by Gasteiger charge is -2.14. The van der Waals surface area contributed by atoms with Gasteiger partial charge in [0.1, 0.15) is 0 Å². The Labute approximate surface area is 133 Å². The molecule has 0 aliphatic carbocycles. The number of sulfone groups is 1.